The van der Waals surface area contributed by atoms with Crippen LogP contribution in [-0.4, -0.2) is 18.1 Å². The first-order chi connectivity index (χ1) is 12.7. The summed E-state index contributed by atoms with van der Waals surface area (Å²) in [6.45, 7) is 0. The molecule has 138 valence electrons. The van der Waals surface area contributed by atoms with Crippen LogP contribution in [0.25, 0.3) is 32.1 Å². The number of thiophene rings is 1. The average molecular weight is 399 g/mol. The van der Waals surface area contributed by atoms with Crippen LogP contribution < -0.4 is 16.0 Å². The van der Waals surface area contributed by atoms with Crippen molar-refractivity contribution in [2.75, 3.05) is 7.11 Å². The Kier molecular flexibility index (Phi) is 4.46. The van der Waals surface area contributed by atoms with Crippen molar-refractivity contribution in [3.8, 4) is 16.9 Å². The SMILES string of the molecule is COc1ccc2[nH]c(=O)c3sccc3c2c1-c1ccc2c(c1)CC(N)C2.Cl. The van der Waals surface area contributed by atoms with Gasteiger partial charge in [-0.25, -0.2) is 0 Å². The number of halogens is 1. The molecule has 27 heavy (non-hydrogen) atoms. The molecule has 0 spiro atoms. The standard InChI is InChI=1S/C21H18N2O2S.ClH/c1-25-17-5-4-16-19(15-6-7-26-20(15)21(24)23-16)18(17)12-3-2-11-9-14(22)10-13(11)8-12;/h2-8,14H,9-10,22H2,1H3,(H,23,24);1H. The quantitative estimate of drug-likeness (QED) is 0.530. The van der Waals surface area contributed by atoms with E-state index >= 15 is 0 Å². The summed E-state index contributed by atoms with van der Waals surface area (Å²) < 4.78 is 6.44. The Labute approximate surface area is 166 Å². The van der Waals surface area contributed by atoms with Gasteiger partial charge in [-0.2, -0.15) is 0 Å². The minimum Gasteiger partial charge on any atom is -0.496 e. The molecule has 0 saturated carbocycles. The van der Waals surface area contributed by atoms with Crippen LogP contribution in [0, 0.1) is 0 Å². The smallest absolute Gasteiger partial charge is 0.266 e. The van der Waals surface area contributed by atoms with Crippen LogP contribution in [0.5, 0.6) is 5.75 Å². The maximum absolute atomic E-state index is 12.4. The molecular formula is C21H19ClN2O2S. The molecule has 6 heteroatoms. The molecule has 0 amide bonds. The lowest BCUT2D eigenvalue weighted by atomic mass is 9.95. The molecule has 2 aromatic heterocycles. The largest absolute Gasteiger partial charge is 0.496 e. The second-order valence-electron chi connectivity index (χ2n) is 6.83. The molecule has 2 aromatic carbocycles. The van der Waals surface area contributed by atoms with Crippen molar-refractivity contribution in [2.45, 2.75) is 18.9 Å². The van der Waals surface area contributed by atoms with E-state index in [2.05, 4.69) is 23.2 Å². The highest BCUT2D eigenvalue weighted by molar-refractivity contribution is 7.17. The van der Waals surface area contributed by atoms with E-state index in [-0.39, 0.29) is 24.0 Å². The third kappa shape index (κ3) is 2.74. The predicted octanol–water partition coefficient (Wildman–Crippen LogP) is 4.27. The molecule has 4 nitrogen and oxygen atoms in total. The van der Waals surface area contributed by atoms with Crippen molar-refractivity contribution in [1.29, 1.82) is 0 Å². The predicted molar refractivity (Wildman–Crippen MR) is 115 cm³/mol. The molecule has 1 atom stereocenters. The second-order valence-corrected chi connectivity index (χ2v) is 7.75. The van der Waals surface area contributed by atoms with Crippen molar-refractivity contribution >= 4 is 44.7 Å². The molecular weight excluding hydrogens is 380 g/mol. The summed E-state index contributed by atoms with van der Waals surface area (Å²) in [6, 6.07) is 12.6. The third-order valence-corrected chi connectivity index (χ3v) is 6.15. The number of rotatable bonds is 2. The van der Waals surface area contributed by atoms with Gasteiger partial charge < -0.3 is 15.5 Å². The number of aromatic amines is 1. The molecule has 0 saturated heterocycles. The Morgan fingerprint density at radius 2 is 1.96 bits per heavy atom. The van der Waals surface area contributed by atoms with Crippen LogP contribution >= 0.6 is 23.7 Å². The molecule has 1 aliphatic rings. The summed E-state index contributed by atoms with van der Waals surface area (Å²) in [5.74, 6) is 0.805. The normalized spacial score (nSPS) is 15.7. The van der Waals surface area contributed by atoms with Gasteiger partial charge in [0.15, 0.2) is 0 Å². The van der Waals surface area contributed by atoms with Crippen molar-refractivity contribution in [1.82, 2.24) is 4.98 Å². The number of pyridine rings is 1. The molecule has 0 fully saturated rings. The van der Waals surface area contributed by atoms with Crippen molar-refractivity contribution in [2.24, 2.45) is 5.73 Å². The zero-order valence-corrected chi connectivity index (χ0v) is 16.4. The summed E-state index contributed by atoms with van der Waals surface area (Å²) in [5, 5.41) is 3.96. The molecule has 4 aromatic rings. The number of H-pyrrole nitrogens is 1. The number of methoxy groups -OCH3 is 1. The Balaban J connectivity index is 0.00000180. The van der Waals surface area contributed by atoms with E-state index in [9.17, 15) is 4.79 Å². The van der Waals surface area contributed by atoms with Crippen LogP contribution in [0.15, 0.2) is 46.6 Å². The second kappa shape index (κ2) is 6.68. The minimum atomic E-state index is -0.0430. The maximum Gasteiger partial charge on any atom is 0.266 e. The number of aromatic nitrogens is 1. The number of nitrogens with one attached hydrogen (secondary N) is 1. The monoisotopic (exact) mass is 398 g/mol. The molecule has 0 radical (unpaired) electrons. The van der Waals surface area contributed by atoms with E-state index in [4.69, 9.17) is 10.5 Å². The van der Waals surface area contributed by atoms with E-state index in [1.807, 2.05) is 23.6 Å². The minimum absolute atomic E-state index is 0. The van der Waals surface area contributed by atoms with Gasteiger partial charge in [0.25, 0.3) is 5.56 Å². The lowest BCUT2D eigenvalue weighted by molar-refractivity contribution is 0.417. The van der Waals surface area contributed by atoms with Crippen molar-refractivity contribution in [3.05, 3.63) is 63.3 Å². The summed E-state index contributed by atoms with van der Waals surface area (Å²) in [7, 11) is 1.68. The highest BCUT2D eigenvalue weighted by Gasteiger charge is 2.21. The fourth-order valence-corrected chi connectivity index (χ4v) is 4.89. The van der Waals surface area contributed by atoms with E-state index in [1.165, 1.54) is 22.5 Å². The topological polar surface area (TPSA) is 68.1 Å². The molecule has 0 aliphatic heterocycles. The Morgan fingerprint density at radius 3 is 2.78 bits per heavy atom. The number of ether oxygens (including phenoxy) is 1. The Morgan fingerprint density at radius 1 is 1.15 bits per heavy atom. The molecule has 2 heterocycles. The highest BCUT2D eigenvalue weighted by Crippen LogP contribution is 2.41. The number of fused-ring (bicyclic) bond motifs is 4. The van der Waals surface area contributed by atoms with Gasteiger partial charge in [0.2, 0.25) is 0 Å². The molecule has 1 unspecified atom stereocenters. The van der Waals surface area contributed by atoms with E-state index in [0.29, 0.717) is 0 Å². The molecule has 5 rings (SSSR count). The van der Waals surface area contributed by atoms with Gasteiger partial charge in [-0.15, -0.1) is 23.7 Å². The van der Waals surface area contributed by atoms with Crippen LogP contribution in [0.2, 0.25) is 0 Å². The maximum atomic E-state index is 12.4. The summed E-state index contributed by atoms with van der Waals surface area (Å²) in [5.41, 5.74) is 11.7. The average Bonchev–Trinajstić information content (AvgIpc) is 3.26. The Hall–Kier alpha value is -2.34. The van der Waals surface area contributed by atoms with Gasteiger partial charge in [0.1, 0.15) is 10.4 Å². The number of hydrogen-bond donors (Lipinski definition) is 2. The third-order valence-electron chi connectivity index (χ3n) is 5.24. The van der Waals surface area contributed by atoms with Crippen LogP contribution in [0.1, 0.15) is 11.1 Å². The van der Waals surface area contributed by atoms with Crippen LogP contribution in [-0.2, 0) is 12.8 Å². The Bertz CT molecular complexity index is 1230. The lowest BCUT2D eigenvalue weighted by Crippen LogP contribution is -2.18. The van der Waals surface area contributed by atoms with Crippen LogP contribution in [0.3, 0.4) is 0 Å². The fraction of sp³-hybridized carbons (Fsp3) is 0.190. The van der Waals surface area contributed by atoms with Gasteiger partial charge in [0.05, 0.1) is 7.11 Å². The van der Waals surface area contributed by atoms with Gasteiger partial charge in [0, 0.05) is 27.9 Å². The molecule has 1 aliphatic carbocycles. The summed E-state index contributed by atoms with van der Waals surface area (Å²) >= 11 is 1.47. The molecule has 3 N–H and O–H groups in total. The van der Waals surface area contributed by atoms with Crippen LogP contribution in [0.4, 0.5) is 0 Å². The van der Waals surface area contributed by atoms with E-state index < -0.39 is 0 Å². The first-order valence-electron chi connectivity index (χ1n) is 8.63. The first-order valence-corrected chi connectivity index (χ1v) is 9.51. The van der Waals surface area contributed by atoms with Gasteiger partial charge in [-0.3, -0.25) is 4.79 Å². The first kappa shape index (κ1) is 18.0. The van der Waals surface area contributed by atoms with Gasteiger partial charge in [-0.05, 0) is 53.1 Å². The zero-order valence-electron chi connectivity index (χ0n) is 14.7. The summed E-state index contributed by atoms with van der Waals surface area (Å²) in [6.07, 6.45) is 1.84. The van der Waals surface area contributed by atoms with Gasteiger partial charge in [-0.1, -0.05) is 18.2 Å². The highest BCUT2D eigenvalue weighted by atomic mass is 35.5. The van der Waals surface area contributed by atoms with Gasteiger partial charge >= 0.3 is 0 Å². The number of benzene rings is 2. The fourth-order valence-electron chi connectivity index (χ4n) is 4.09. The number of nitrogens with two attached hydrogens (primary N) is 1. The zero-order chi connectivity index (χ0) is 17.8. The lowest BCUT2D eigenvalue weighted by Gasteiger charge is -2.14. The van der Waals surface area contributed by atoms with E-state index in [0.717, 1.165) is 50.7 Å². The van der Waals surface area contributed by atoms with E-state index in [1.54, 1.807) is 7.11 Å². The number of hydrogen-bond acceptors (Lipinski definition) is 4. The summed E-state index contributed by atoms with van der Waals surface area (Å²) in [4.78, 5) is 15.4. The van der Waals surface area contributed by atoms with Crippen molar-refractivity contribution < 1.29 is 4.74 Å². The van der Waals surface area contributed by atoms with Crippen molar-refractivity contribution in [3.63, 3.8) is 0 Å². The molecule has 0 bridgehead atoms.